The molecule has 0 saturated heterocycles. The second-order valence-electron chi connectivity index (χ2n) is 5.48. The first-order valence-corrected chi connectivity index (χ1v) is 7.38. The molecule has 114 valence electrons. The van der Waals surface area contributed by atoms with E-state index in [0.29, 0.717) is 6.42 Å². The van der Waals surface area contributed by atoms with E-state index in [4.69, 9.17) is 10.8 Å². The van der Waals surface area contributed by atoms with E-state index in [-0.39, 0.29) is 30.5 Å². The maximum absolute atomic E-state index is 13.5. The number of aliphatic hydroxyl groups excluding tert-OH is 1. The van der Waals surface area contributed by atoms with Crippen LogP contribution in [0.3, 0.4) is 0 Å². The standard InChI is InChI=1S/C16H27FN2O/c1-4-15(18)16(13-7-5-8-14(17)11-13)19(12(2)3)9-6-10-20/h5,7-8,11-12,15-16,20H,4,6,9-10,18H2,1-3H3. The molecule has 0 aromatic heterocycles. The Labute approximate surface area is 121 Å². The lowest BCUT2D eigenvalue weighted by Gasteiger charge is -2.38. The molecule has 0 saturated carbocycles. The van der Waals surface area contributed by atoms with E-state index < -0.39 is 0 Å². The number of nitrogens with two attached hydrogens (primary N) is 1. The normalized spacial score (nSPS) is 14.8. The van der Waals surface area contributed by atoms with Crippen LogP contribution in [0.5, 0.6) is 0 Å². The summed E-state index contributed by atoms with van der Waals surface area (Å²) in [5.74, 6) is -0.235. The Morgan fingerprint density at radius 2 is 2.05 bits per heavy atom. The van der Waals surface area contributed by atoms with Gasteiger partial charge in [0, 0.05) is 25.2 Å². The van der Waals surface area contributed by atoms with E-state index in [1.165, 1.54) is 6.07 Å². The largest absolute Gasteiger partial charge is 0.396 e. The molecule has 0 amide bonds. The Morgan fingerprint density at radius 3 is 2.55 bits per heavy atom. The van der Waals surface area contributed by atoms with Crippen molar-refractivity contribution in [2.45, 2.75) is 51.7 Å². The molecule has 0 spiro atoms. The zero-order chi connectivity index (χ0) is 15.1. The van der Waals surface area contributed by atoms with Crippen molar-refractivity contribution in [3.8, 4) is 0 Å². The van der Waals surface area contributed by atoms with E-state index in [1.807, 2.05) is 13.0 Å². The van der Waals surface area contributed by atoms with Crippen LogP contribution in [0.2, 0.25) is 0 Å². The van der Waals surface area contributed by atoms with Gasteiger partial charge in [-0.2, -0.15) is 0 Å². The summed E-state index contributed by atoms with van der Waals surface area (Å²) in [7, 11) is 0. The van der Waals surface area contributed by atoms with Crippen molar-refractivity contribution in [1.29, 1.82) is 0 Å². The SMILES string of the molecule is CCC(N)C(c1cccc(F)c1)N(CCCO)C(C)C. The van der Waals surface area contributed by atoms with Crippen molar-refractivity contribution < 1.29 is 9.50 Å². The third-order valence-electron chi connectivity index (χ3n) is 3.66. The summed E-state index contributed by atoms with van der Waals surface area (Å²) in [4.78, 5) is 2.25. The maximum atomic E-state index is 13.5. The predicted octanol–water partition coefficient (Wildman–Crippen LogP) is 2.70. The molecule has 0 aliphatic rings. The smallest absolute Gasteiger partial charge is 0.123 e. The van der Waals surface area contributed by atoms with Gasteiger partial charge in [0.25, 0.3) is 0 Å². The quantitative estimate of drug-likeness (QED) is 0.771. The predicted molar refractivity (Wildman–Crippen MR) is 81.0 cm³/mol. The highest BCUT2D eigenvalue weighted by atomic mass is 19.1. The van der Waals surface area contributed by atoms with Gasteiger partial charge in [-0.25, -0.2) is 4.39 Å². The number of aliphatic hydroxyl groups is 1. The van der Waals surface area contributed by atoms with E-state index in [2.05, 4.69) is 18.7 Å². The second kappa shape index (κ2) is 8.35. The Morgan fingerprint density at radius 1 is 1.35 bits per heavy atom. The van der Waals surface area contributed by atoms with Gasteiger partial charge in [0.15, 0.2) is 0 Å². The number of nitrogens with zero attached hydrogens (tertiary/aromatic N) is 1. The number of hydrogen-bond acceptors (Lipinski definition) is 3. The molecule has 0 aliphatic carbocycles. The Kier molecular flexibility index (Phi) is 7.13. The summed E-state index contributed by atoms with van der Waals surface area (Å²) in [6.07, 6.45) is 1.52. The molecule has 0 heterocycles. The lowest BCUT2D eigenvalue weighted by atomic mass is 9.95. The van der Waals surface area contributed by atoms with Crippen LogP contribution in [0.1, 0.15) is 45.2 Å². The van der Waals surface area contributed by atoms with Gasteiger partial charge in [-0.3, -0.25) is 4.90 Å². The maximum Gasteiger partial charge on any atom is 0.123 e. The van der Waals surface area contributed by atoms with Crippen LogP contribution in [-0.4, -0.2) is 35.2 Å². The van der Waals surface area contributed by atoms with Crippen molar-refractivity contribution in [3.63, 3.8) is 0 Å². The topological polar surface area (TPSA) is 49.5 Å². The second-order valence-corrected chi connectivity index (χ2v) is 5.48. The van der Waals surface area contributed by atoms with Gasteiger partial charge in [-0.1, -0.05) is 19.1 Å². The van der Waals surface area contributed by atoms with Gasteiger partial charge in [-0.15, -0.1) is 0 Å². The average Bonchev–Trinajstić information content (AvgIpc) is 2.42. The number of benzene rings is 1. The molecule has 0 bridgehead atoms. The molecule has 20 heavy (non-hydrogen) atoms. The van der Waals surface area contributed by atoms with Crippen LogP contribution in [0.4, 0.5) is 4.39 Å². The number of rotatable bonds is 8. The highest BCUT2D eigenvalue weighted by Gasteiger charge is 2.27. The molecule has 1 aromatic carbocycles. The highest BCUT2D eigenvalue weighted by Crippen LogP contribution is 2.27. The fourth-order valence-electron chi connectivity index (χ4n) is 2.57. The molecule has 3 N–H and O–H groups in total. The number of halogens is 1. The summed E-state index contributed by atoms with van der Waals surface area (Å²) < 4.78 is 13.5. The van der Waals surface area contributed by atoms with Gasteiger partial charge in [0.05, 0.1) is 6.04 Å². The third kappa shape index (κ3) is 4.54. The van der Waals surface area contributed by atoms with Gasteiger partial charge in [0.1, 0.15) is 5.82 Å². The molecule has 1 aromatic rings. The molecule has 1 rings (SSSR count). The lowest BCUT2D eigenvalue weighted by molar-refractivity contribution is 0.117. The fraction of sp³-hybridized carbons (Fsp3) is 0.625. The van der Waals surface area contributed by atoms with Gasteiger partial charge in [0.2, 0.25) is 0 Å². The Balaban J connectivity index is 3.08. The molecule has 3 nitrogen and oxygen atoms in total. The Bertz CT molecular complexity index is 398. The molecular weight excluding hydrogens is 255 g/mol. The molecule has 0 fully saturated rings. The van der Waals surface area contributed by atoms with Crippen LogP contribution in [-0.2, 0) is 0 Å². The van der Waals surface area contributed by atoms with Crippen molar-refractivity contribution in [3.05, 3.63) is 35.6 Å². The first-order valence-electron chi connectivity index (χ1n) is 7.38. The molecule has 2 atom stereocenters. The zero-order valence-electron chi connectivity index (χ0n) is 12.7. The number of hydrogen-bond donors (Lipinski definition) is 2. The molecule has 4 heteroatoms. The van der Waals surface area contributed by atoms with Crippen molar-refractivity contribution in [1.82, 2.24) is 4.90 Å². The van der Waals surface area contributed by atoms with Crippen molar-refractivity contribution in [2.24, 2.45) is 5.73 Å². The van der Waals surface area contributed by atoms with Crippen LogP contribution >= 0.6 is 0 Å². The Hall–Kier alpha value is -0.970. The minimum atomic E-state index is -0.235. The van der Waals surface area contributed by atoms with Crippen LogP contribution < -0.4 is 5.73 Å². The first-order chi connectivity index (χ1) is 9.51. The molecule has 0 aliphatic heterocycles. The van der Waals surface area contributed by atoms with Gasteiger partial charge in [-0.05, 0) is 44.4 Å². The van der Waals surface area contributed by atoms with Crippen molar-refractivity contribution >= 4 is 0 Å². The van der Waals surface area contributed by atoms with Crippen LogP contribution in [0, 0.1) is 5.82 Å². The fourth-order valence-corrected chi connectivity index (χ4v) is 2.57. The van der Waals surface area contributed by atoms with Crippen LogP contribution in [0.25, 0.3) is 0 Å². The van der Waals surface area contributed by atoms with Gasteiger partial charge >= 0.3 is 0 Å². The monoisotopic (exact) mass is 282 g/mol. The molecule has 0 radical (unpaired) electrons. The lowest BCUT2D eigenvalue weighted by Crippen LogP contribution is -2.45. The minimum Gasteiger partial charge on any atom is -0.396 e. The summed E-state index contributed by atoms with van der Waals surface area (Å²) in [6, 6.07) is 6.87. The van der Waals surface area contributed by atoms with E-state index in [1.54, 1.807) is 12.1 Å². The summed E-state index contributed by atoms with van der Waals surface area (Å²) in [5, 5.41) is 9.07. The third-order valence-corrected chi connectivity index (χ3v) is 3.66. The van der Waals surface area contributed by atoms with Crippen molar-refractivity contribution in [2.75, 3.05) is 13.2 Å². The minimum absolute atomic E-state index is 0.0257. The van der Waals surface area contributed by atoms with E-state index in [0.717, 1.165) is 18.5 Å². The zero-order valence-corrected chi connectivity index (χ0v) is 12.7. The average molecular weight is 282 g/mol. The highest BCUT2D eigenvalue weighted by molar-refractivity contribution is 5.22. The molecule has 2 unspecified atom stereocenters. The molecular formula is C16H27FN2O. The van der Waals surface area contributed by atoms with Gasteiger partial charge < -0.3 is 10.8 Å². The van der Waals surface area contributed by atoms with E-state index in [9.17, 15) is 4.39 Å². The van der Waals surface area contributed by atoms with E-state index >= 15 is 0 Å². The summed E-state index contributed by atoms with van der Waals surface area (Å²) >= 11 is 0. The summed E-state index contributed by atoms with van der Waals surface area (Å²) in [5.41, 5.74) is 7.19. The summed E-state index contributed by atoms with van der Waals surface area (Å²) in [6.45, 7) is 7.16. The van der Waals surface area contributed by atoms with Crippen LogP contribution in [0.15, 0.2) is 24.3 Å². The first kappa shape index (κ1) is 17.1.